The van der Waals surface area contributed by atoms with Gasteiger partial charge in [-0.3, -0.25) is 9.59 Å². The van der Waals surface area contributed by atoms with Gasteiger partial charge in [-0.25, -0.2) is 0 Å². The summed E-state index contributed by atoms with van der Waals surface area (Å²) >= 11 is 0. The molecule has 2 aromatic rings. The lowest BCUT2D eigenvalue weighted by molar-refractivity contribution is -0.167. The highest BCUT2D eigenvalue weighted by molar-refractivity contribution is 5.98. The number of amides is 2. The first-order valence-electron chi connectivity index (χ1n) is 11.4. The molecule has 6 heteroatoms. The van der Waals surface area contributed by atoms with Crippen LogP contribution in [-0.4, -0.2) is 56.3 Å². The smallest absolute Gasteiger partial charge is 0.246 e. The Hall–Kier alpha value is -2.34. The zero-order valence-electron chi connectivity index (χ0n) is 19.5. The van der Waals surface area contributed by atoms with E-state index in [0.717, 1.165) is 29.4 Å². The number of fused-ring (bicyclic) bond motifs is 4. The second-order valence-corrected chi connectivity index (χ2v) is 11.5. The summed E-state index contributed by atoms with van der Waals surface area (Å²) in [6, 6.07) is 7.86. The third kappa shape index (κ3) is 3.10. The lowest BCUT2D eigenvalue weighted by Gasteiger charge is -2.55. The SMILES string of the molecule is CC1(C)CC(N2CC(=O)N3C(Cc4c([nH]c5ccccc45)C3(C)C)C2=O)CC(C)(C)N1. The second kappa shape index (κ2) is 6.35. The van der Waals surface area contributed by atoms with Crippen molar-refractivity contribution < 1.29 is 9.59 Å². The Bertz CT molecular complexity index is 1060. The number of benzene rings is 1. The van der Waals surface area contributed by atoms with E-state index in [-0.39, 0.29) is 35.5 Å². The minimum Gasteiger partial charge on any atom is -0.356 e. The van der Waals surface area contributed by atoms with E-state index in [1.165, 1.54) is 5.56 Å². The van der Waals surface area contributed by atoms with E-state index in [9.17, 15) is 9.59 Å². The number of carbonyl (C=O) groups excluding carboxylic acids is 2. The lowest BCUT2D eigenvalue weighted by atomic mass is 9.77. The van der Waals surface area contributed by atoms with Crippen LogP contribution in [0.1, 0.15) is 65.6 Å². The van der Waals surface area contributed by atoms with Crippen molar-refractivity contribution >= 4 is 22.7 Å². The van der Waals surface area contributed by atoms with Gasteiger partial charge in [-0.1, -0.05) is 18.2 Å². The van der Waals surface area contributed by atoms with Crippen LogP contribution in [0.5, 0.6) is 0 Å². The Kier molecular flexibility index (Phi) is 4.21. The first-order chi connectivity index (χ1) is 14.4. The molecule has 31 heavy (non-hydrogen) atoms. The molecule has 2 amide bonds. The predicted molar refractivity (Wildman–Crippen MR) is 122 cm³/mol. The van der Waals surface area contributed by atoms with Crippen LogP contribution in [0.4, 0.5) is 0 Å². The number of hydrogen-bond acceptors (Lipinski definition) is 3. The summed E-state index contributed by atoms with van der Waals surface area (Å²) in [4.78, 5) is 34.7. The van der Waals surface area contributed by atoms with Gasteiger partial charge in [0.15, 0.2) is 0 Å². The molecule has 1 atom stereocenters. The summed E-state index contributed by atoms with van der Waals surface area (Å²) in [7, 11) is 0. The van der Waals surface area contributed by atoms with E-state index < -0.39 is 11.6 Å². The van der Waals surface area contributed by atoms with Crippen LogP contribution in [-0.2, 0) is 21.5 Å². The van der Waals surface area contributed by atoms with Crippen LogP contribution in [0.2, 0.25) is 0 Å². The second-order valence-electron chi connectivity index (χ2n) is 11.5. The van der Waals surface area contributed by atoms with E-state index in [1.807, 2.05) is 21.9 Å². The average molecular weight is 423 g/mol. The van der Waals surface area contributed by atoms with Gasteiger partial charge in [0.1, 0.15) is 12.6 Å². The van der Waals surface area contributed by atoms with Gasteiger partial charge in [0.25, 0.3) is 0 Å². The quantitative estimate of drug-likeness (QED) is 0.741. The maximum atomic E-state index is 13.9. The average Bonchev–Trinajstić information content (AvgIpc) is 3.01. The van der Waals surface area contributed by atoms with Crippen molar-refractivity contribution in [2.24, 2.45) is 0 Å². The molecule has 1 unspecified atom stereocenters. The Labute approximate surface area is 184 Å². The number of piperidine rings is 1. The van der Waals surface area contributed by atoms with Crippen molar-refractivity contribution in [3.63, 3.8) is 0 Å². The molecule has 1 aromatic carbocycles. The highest BCUT2D eigenvalue weighted by atomic mass is 16.2. The standard InChI is InChI=1S/C25H34N4O2/c1-23(2)12-15(13-24(3,4)27-23)28-14-20(30)29-19(22(28)31)11-17-16-9-7-8-10-18(16)26-21(17)25(29,5)6/h7-10,15,19,26-27H,11-14H2,1-6H3. The van der Waals surface area contributed by atoms with Crippen LogP contribution in [0.25, 0.3) is 10.9 Å². The summed E-state index contributed by atoms with van der Waals surface area (Å²) in [6.07, 6.45) is 2.27. The number of para-hydroxylation sites is 1. The van der Waals surface area contributed by atoms with Crippen molar-refractivity contribution in [3.05, 3.63) is 35.5 Å². The van der Waals surface area contributed by atoms with Gasteiger partial charge in [-0.15, -0.1) is 0 Å². The first-order valence-corrected chi connectivity index (χ1v) is 11.4. The largest absolute Gasteiger partial charge is 0.356 e. The van der Waals surface area contributed by atoms with Gasteiger partial charge in [0.05, 0.1) is 5.54 Å². The summed E-state index contributed by atoms with van der Waals surface area (Å²) in [5.41, 5.74) is 2.59. The number of rotatable bonds is 1. The molecule has 0 aliphatic carbocycles. The van der Waals surface area contributed by atoms with Gasteiger partial charge in [-0.2, -0.15) is 0 Å². The van der Waals surface area contributed by atoms with Crippen LogP contribution in [0.15, 0.2) is 24.3 Å². The van der Waals surface area contributed by atoms with E-state index in [2.05, 4.69) is 64.0 Å². The van der Waals surface area contributed by atoms with Crippen LogP contribution in [0, 0.1) is 0 Å². The van der Waals surface area contributed by atoms with Crippen LogP contribution < -0.4 is 5.32 Å². The number of aromatic amines is 1. The minimum atomic E-state index is -0.553. The summed E-state index contributed by atoms with van der Waals surface area (Å²) in [6.45, 7) is 13.0. The number of piperazine rings is 1. The van der Waals surface area contributed by atoms with Crippen molar-refractivity contribution in [2.45, 2.75) is 89.5 Å². The maximum absolute atomic E-state index is 13.9. The van der Waals surface area contributed by atoms with Gasteiger partial charge >= 0.3 is 0 Å². The molecule has 5 rings (SSSR count). The molecule has 3 aliphatic rings. The molecular weight excluding hydrogens is 388 g/mol. The number of nitrogens with zero attached hydrogens (tertiary/aromatic N) is 2. The molecule has 1 aromatic heterocycles. The summed E-state index contributed by atoms with van der Waals surface area (Å²) in [5, 5.41) is 4.85. The molecule has 0 saturated carbocycles. The molecule has 0 bridgehead atoms. The van der Waals surface area contributed by atoms with E-state index in [0.29, 0.717) is 6.42 Å². The van der Waals surface area contributed by atoms with Crippen molar-refractivity contribution in [3.8, 4) is 0 Å². The molecular formula is C25H34N4O2. The first kappa shape index (κ1) is 20.6. The number of carbonyl (C=O) groups is 2. The maximum Gasteiger partial charge on any atom is 0.246 e. The molecule has 4 heterocycles. The monoisotopic (exact) mass is 422 g/mol. The van der Waals surface area contributed by atoms with Gasteiger partial charge in [0, 0.05) is 40.1 Å². The van der Waals surface area contributed by atoms with Gasteiger partial charge in [0.2, 0.25) is 11.8 Å². The lowest BCUT2D eigenvalue weighted by Crippen LogP contribution is -2.71. The molecule has 166 valence electrons. The van der Waals surface area contributed by atoms with Crippen molar-refractivity contribution in [1.29, 1.82) is 0 Å². The topological polar surface area (TPSA) is 68.4 Å². The third-order valence-corrected chi connectivity index (χ3v) is 7.49. The molecule has 2 saturated heterocycles. The van der Waals surface area contributed by atoms with Gasteiger partial charge in [-0.05, 0) is 66.0 Å². The Morgan fingerprint density at radius 1 is 0.968 bits per heavy atom. The van der Waals surface area contributed by atoms with Crippen LogP contribution >= 0.6 is 0 Å². The molecule has 2 fully saturated rings. The third-order valence-electron chi connectivity index (χ3n) is 7.49. The molecule has 6 nitrogen and oxygen atoms in total. The molecule has 0 radical (unpaired) electrons. The minimum absolute atomic E-state index is 0.0491. The highest BCUT2D eigenvalue weighted by Gasteiger charge is 2.53. The van der Waals surface area contributed by atoms with Gasteiger partial charge < -0.3 is 20.1 Å². The number of H-pyrrole nitrogens is 1. The Morgan fingerprint density at radius 2 is 1.61 bits per heavy atom. The number of aromatic nitrogens is 1. The fourth-order valence-corrected chi connectivity index (χ4v) is 6.70. The van der Waals surface area contributed by atoms with Crippen molar-refractivity contribution in [2.75, 3.05) is 6.54 Å². The molecule has 2 N–H and O–H groups in total. The van der Waals surface area contributed by atoms with E-state index in [4.69, 9.17) is 0 Å². The number of nitrogens with one attached hydrogen (secondary N) is 2. The highest BCUT2D eigenvalue weighted by Crippen LogP contribution is 2.43. The summed E-state index contributed by atoms with van der Waals surface area (Å²) in [5.74, 6) is 0.148. The molecule has 0 spiro atoms. The summed E-state index contributed by atoms with van der Waals surface area (Å²) < 4.78 is 0. The molecule has 3 aliphatic heterocycles. The normalized spacial score (nSPS) is 27.4. The zero-order valence-corrected chi connectivity index (χ0v) is 19.5. The Morgan fingerprint density at radius 3 is 2.29 bits per heavy atom. The fraction of sp³-hybridized carbons (Fsp3) is 0.600. The fourth-order valence-electron chi connectivity index (χ4n) is 6.70. The van der Waals surface area contributed by atoms with E-state index in [1.54, 1.807) is 0 Å². The van der Waals surface area contributed by atoms with E-state index >= 15 is 0 Å². The van der Waals surface area contributed by atoms with Crippen molar-refractivity contribution in [1.82, 2.24) is 20.1 Å². The zero-order chi connectivity index (χ0) is 22.3. The van der Waals surface area contributed by atoms with Crippen LogP contribution in [0.3, 0.4) is 0 Å². The Balaban J connectivity index is 1.54. The number of hydrogen-bond donors (Lipinski definition) is 2. The predicted octanol–water partition coefficient (Wildman–Crippen LogP) is 3.31.